The Morgan fingerprint density at radius 2 is 2.05 bits per heavy atom. The second-order valence-corrected chi connectivity index (χ2v) is 5.58. The number of ether oxygens (including phenoxy) is 1. The van der Waals surface area contributed by atoms with Gasteiger partial charge in [0.2, 0.25) is 0 Å². The summed E-state index contributed by atoms with van der Waals surface area (Å²) in [7, 11) is 3.36. The smallest absolute Gasteiger partial charge is 0.141 e. The van der Waals surface area contributed by atoms with Crippen molar-refractivity contribution in [2.24, 2.45) is 0 Å². The Bertz CT molecular complexity index is 621. The van der Waals surface area contributed by atoms with Gasteiger partial charge in [-0.05, 0) is 46.7 Å². The highest BCUT2D eigenvalue weighted by Crippen LogP contribution is 2.34. The maximum Gasteiger partial charge on any atom is 0.141 e. The number of hydrogen-bond donors (Lipinski definition) is 1. The zero-order chi connectivity index (χ0) is 14.7. The Hall–Kier alpha value is -1.10. The third kappa shape index (κ3) is 3.14. The van der Waals surface area contributed by atoms with Crippen molar-refractivity contribution in [1.82, 2.24) is 5.32 Å². The molecule has 0 amide bonds. The summed E-state index contributed by atoms with van der Waals surface area (Å²) in [5.74, 6) is 0.136. The molecule has 0 radical (unpaired) electrons. The van der Waals surface area contributed by atoms with Gasteiger partial charge in [0.15, 0.2) is 0 Å². The van der Waals surface area contributed by atoms with E-state index >= 15 is 0 Å². The molecule has 0 bridgehead atoms. The van der Waals surface area contributed by atoms with Crippen LogP contribution in [0, 0.1) is 5.82 Å². The Balaban J connectivity index is 2.54. The highest BCUT2D eigenvalue weighted by Gasteiger charge is 2.19. The predicted octanol–water partition coefficient (Wildman–Crippen LogP) is 4.56. The van der Waals surface area contributed by atoms with Gasteiger partial charge in [0.25, 0.3) is 0 Å². The van der Waals surface area contributed by atoms with E-state index in [2.05, 4.69) is 21.2 Å². The van der Waals surface area contributed by atoms with Crippen molar-refractivity contribution in [2.45, 2.75) is 6.04 Å². The van der Waals surface area contributed by atoms with Crippen LogP contribution < -0.4 is 10.1 Å². The van der Waals surface area contributed by atoms with E-state index in [1.54, 1.807) is 6.07 Å². The largest absolute Gasteiger partial charge is 0.496 e. The maximum absolute atomic E-state index is 13.6. The van der Waals surface area contributed by atoms with Crippen LogP contribution in [0.5, 0.6) is 5.75 Å². The molecule has 2 aromatic rings. The van der Waals surface area contributed by atoms with Crippen molar-refractivity contribution in [2.75, 3.05) is 14.2 Å². The fraction of sp³-hybridized carbons (Fsp3) is 0.200. The van der Waals surface area contributed by atoms with Crippen molar-refractivity contribution in [3.8, 4) is 5.75 Å². The van der Waals surface area contributed by atoms with Crippen LogP contribution in [0.4, 0.5) is 4.39 Å². The molecule has 0 aromatic heterocycles. The molecule has 0 aliphatic carbocycles. The van der Waals surface area contributed by atoms with E-state index in [1.807, 2.05) is 31.3 Å². The number of rotatable bonds is 4. The molecule has 0 saturated carbocycles. The molecule has 0 aliphatic heterocycles. The molecule has 2 nitrogen and oxygen atoms in total. The summed E-state index contributed by atoms with van der Waals surface area (Å²) in [5, 5.41) is 3.86. The molecule has 0 aliphatic rings. The van der Waals surface area contributed by atoms with Crippen molar-refractivity contribution in [3.63, 3.8) is 0 Å². The summed E-state index contributed by atoms with van der Waals surface area (Å²) in [6.07, 6.45) is 0. The van der Waals surface area contributed by atoms with Crippen LogP contribution in [0.1, 0.15) is 17.2 Å². The van der Waals surface area contributed by atoms with E-state index in [0.29, 0.717) is 15.2 Å². The first kappa shape index (κ1) is 15.3. The summed E-state index contributed by atoms with van der Waals surface area (Å²) < 4.78 is 19.3. The van der Waals surface area contributed by atoms with Gasteiger partial charge in [0, 0.05) is 16.7 Å². The molecule has 0 heterocycles. The van der Waals surface area contributed by atoms with Gasteiger partial charge in [-0.2, -0.15) is 0 Å². The van der Waals surface area contributed by atoms with Gasteiger partial charge in [-0.1, -0.05) is 23.7 Å². The average molecular weight is 359 g/mol. The van der Waals surface area contributed by atoms with Gasteiger partial charge in [0.1, 0.15) is 11.6 Å². The normalized spacial score (nSPS) is 12.2. The van der Waals surface area contributed by atoms with Crippen molar-refractivity contribution < 1.29 is 9.13 Å². The second kappa shape index (κ2) is 6.57. The highest BCUT2D eigenvalue weighted by atomic mass is 79.9. The molecule has 0 spiro atoms. The molecule has 1 unspecified atom stereocenters. The van der Waals surface area contributed by atoms with Gasteiger partial charge in [-0.3, -0.25) is 0 Å². The summed E-state index contributed by atoms with van der Waals surface area (Å²) in [4.78, 5) is 0. The molecule has 106 valence electrons. The van der Waals surface area contributed by atoms with E-state index in [0.717, 1.165) is 11.1 Å². The fourth-order valence-corrected chi connectivity index (χ4v) is 2.69. The van der Waals surface area contributed by atoms with Gasteiger partial charge >= 0.3 is 0 Å². The minimum atomic E-state index is -0.355. The summed E-state index contributed by atoms with van der Waals surface area (Å²) in [5.41, 5.74) is 1.82. The molecule has 1 N–H and O–H groups in total. The molecule has 2 aromatic carbocycles. The molecule has 5 heteroatoms. The van der Waals surface area contributed by atoms with Gasteiger partial charge in [-0.15, -0.1) is 0 Å². The first-order valence-corrected chi connectivity index (χ1v) is 7.19. The zero-order valence-corrected chi connectivity index (χ0v) is 13.4. The Labute approximate surface area is 131 Å². The molecule has 0 saturated heterocycles. The Kier molecular flexibility index (Phi) is 5.02. The van der Waals surface area contributed by atoms with E-state index in [-0.39, 0.29) is 11.9 Å². The lowest BCUT2D eigenvalue weighted by Gasteiger charge is -2.20. The van der Waals surface area contributed by atoms with E-state index in [1.165, 1.54) is 13.2 Å². The highest BCUT2D eigenvalue weighted by molar-refractivity contribution is 9.10. The van der Waals surface area contributed by atoms with Crippen LogP contribution in [-0.2, 0) is 0 Å². The SMILES string of the molecule is CNC(c1cccc(Cl)c1)c1cc(Br)c(F)cc1OC. The lowest BCUT2D eigenvalue weighted by atomic mass is 9.98. The first-order valence-electron chi connectivity index (χ1n) is 6.02. The molecular formula is C15H14BrClFNO. The fourth-order valence-electron chi connectivity index (χ4n) is 2.13. The first-order chi connectivity index (χ1) is 9.56. The number of halogens is 3. The maximum atomic E-state index is 13.6. The topological polar surface area (TPSA) is 21.3 Å². The van der Waals surface area contributed by atoms with Gasteiger partial charge < -0.3 is 10.1 Å². The Morgan fingerprint density at radius 3 is 2.65 bits per heavy atom. The minimum Gasteiger partial charge on any atom is -0.496 e. The van der Waals surface area contributed by atoms with E-state index in [9.17, 15) is 4.39 Å². The van der Waals surface area contributed by atoms with Gasteiger partial charge in [-0.25, -0.2) is 4.39 Å². The average Bonchev–Trinajstić information content (AvgIpc) is 2.43. The minimum absolute atomic E-state index is 0.138. The molecule has 2 rings (SSSR count). The van der Waals surface area contributed by atoms with Crippen molar-refractivity contribution >= 4 is 27.5 Å². The predicted molar refractivity (Wildman–Crippen MR) is 83.0 cm³/mol. The lowest BCUT2D eigenvalue weighted by molar-refractivity contribution is 0.401. The number of hydrogen-bond acceptors (Lipinski definition) is 2. The van der Waals surface area contributed by atoms with Crippen LogP contribution in [0.3, 0.4) is 0 Å². The summed E-state index contributed by atoms with van der Waals surface area (Å²) in [6, 6.07) is 10.5. The van der Waals surface area contributed by atoms with Crippen molar-refractivity contribution in [1.29, 1.82) is 0 Å². The number of methoxy groups -OCH3 is 1. The standard InChI is InChI=1S/C15H14BrClFNO/c1-19-15(9-4-3-5-10(17)6-9)11-7-12(16)13(18)8-14(11)20-2/h3-8,15,19H,1-2H3. The Morgan fingerprint density at radius 1 is 1.30 bits per heavy atom. The van der Waals surface area contributed by atoms with Gasteiger partial charge in [0.05, 0.1) is 17.6 Å². The van der Waals surface area contributed by atoms with Crippen LogP contribution in [0.25, 0.3) is 0 Å². The van der Waals surface area contributed by atoms with Crippen LogP contribution in [0.15, 0.2) is 40.9 Å². The summed E-state index contributed by atoms with van der Waals surface area (Å²) in [6.45, 7) is 0. The third-order valence-corrected chi connectivity index (χ3v) is 3.90. The van der Waals surface area contributed by atoms with E-state index < -0.39 is 0 Å². The third-order valence-electron chi connectivity index (χ3n) is 3.05. The molecule has 20 heavy (non-hydrogen) atoms. The van der Waals surface area contributed by atoms with Crippen molar-refractivity contribution in [3.05, 3.63) is 62.8 Å². The summed E-state index contributed by atoms with van der Waals surface area (Å²) >= 11 is 9.24. The monoisotopic (exact) mass is 357 g/mol. The lowest BCUT2D eigenvalue weighted by Crippen LogP contribution is -2.18. The quantitative estimate of drug-likeness (QED) is 0.865. The molecule has 1 atom stereocenters. The molecular weight excluding hydrogens is 345 g/mol. The number of benzene rings is 2. The number of nitrogens with one attached hydrogen (secondary N) is 1. The molecule has 0 fully saturated rings. The van der Waals surface area contributed by atoms with E-state index in [4.69, 9.17) is 16.3 Å². The zero-order valence-electron chi connectivity index (χ0n) is 11.1. The van der Waals surface area contributed by atoms with Crippen LogP contribution in [0.2, 0.25) is 5.02 Å². The van der Waals surface area contributed by atoms with Crippen LogP contribution >= 0.6 is 27.5 Å². The second-order valence-electron chi connectivity index (χ2n) is 4.28. The van der Waals surface area contributed by atoms with Crippen LogP contribution in [-0.4, -0.2) is 14.2 Å².